The lowest BCUT2D eigenvalue weighted by atomic mass is 9.88. The summed E-state index contributed by atoms with van der Waals surface area (Å²) >= 11 is 0. The highest BCUT2D eigenvalue weighted by molar-refractivity contribution is 5.86. The Bertz CT molecular complexity index is 714. The molecular formula is C18H18O3. The number of rotatable bonds is 2. The third kappa shape index (κ3) is 2.00. The first-order valence-electron chi connectivity index (χ1n) is 7.13. The Kier molecular flexibility index (Phi) is 3.20. The van der Waals surface area contributed by atoms with Crippen LogP contribution in [0.15, 0.2) is 24.3 Å². The Labute approximate surface area is 123 Å². The van der Waals surface area contributed by atoms with E-state index in [4.69, 9.17) is 0 Å². The minimum Gasteiger partial charge on any atom is -0.504 e. The first-order chi connectivity index (χ1) is 10.0. The minimum atomic E-state index is -0.286. The van der Waals surface area contributed by atoms with Gasteiger partial charge in [-0.1, -0.05) is 29.8 Å². The lowest BCUT2D eigenvalue weighted by Gasteiger charge is -2.18. The fourth-order valence-corrected chi connectivity index (χ4v) is 3.38. The molecule has 2 aromatic carbocycles. The van der Waals surface area contributed by atoms with Crippen molar-refractivity contribution in [2.24, 2.45) is 0 Å². The Morgan fingerprint density at radius 1 is 1.10 bits per heavy atom. The highest BCUT2D eigenvalue weighted by Gasteiger charge is 2.31. The van der Waals surface area contributed by atoms with Gasteiger partial charge in [0, 0.05) is 5.92 Å². The molecule has 0 aromatic heterocycles. The predicted octanol–water partition coefficient (Wildman–Crippen LogP) is 3.61. The molecule has 3 heteroatoms. The fourth-order valence-electron chi connectivity index (χ4n) is 3.38. The van der Waals surface area contributed by atoms with Crippen LogP contribution in [0.25, 0.3) is 0 Å². The predicted molar refractivity (Wildman–Crippen MR) is 81.2 cm³/mol. The van der Waals surface area contributed by atoms with E-state index in [0.29, 0.717) is 11.8 Å². The van der Waals surface area contributed by atoms with Gasteiger partial charge in [-0.2, -0.15) is 0 Å². The first kappa shape index (κ1) is 13.7. The Balaban J connectivity index is 2.20. The Morgan fingerprint density at radius 3 is 2.38 bits per heavy atom. The van der Waals surface area contributed by atoms with E-state index in [1.54, 1.807) is 6.92 Å². The van der Waals surface area contributed by atoms with Crippen molar-refractivity contribution in [2.45, 2.75) is 32.6 Å². The van der Waals surface area contributed by atoms with Crippen molar-refractivity contribution in [3.05, 3.63) is 57.6 Å². The average molecular weight is 282 g/mol. The van der Waals surface area contributed by atoms with Crippen molar-refractivity contribution >= 4 is 6.29 Å². The van der Waals surface area contributed by atoms with Gasteiger partial charge < -0.3 is 10.2 Å². The van der Waals surface area contributed by atoms with Crippen molar-refractivity contribution in [2.75, 3.05) is 0 Å². The van der Waals surface area contributed by atoms with E-state index in [2.05, 4.69) is 24.3 Å². The molecule has 0 saturated heterocycles. The first-order valence-corrected chi connectivity index (χ1v) is 7.13. The number of aryl methyl sites for hydroxylation is 1. The molecule has 0 fully saturated rings. The summed E-state index contributed by atoms with van der Waals surface area (Å²) in [5.41, 5.74) is 5.18. The third-order valence-electron chi connectivity index (χ3n) is 4.52. The maximum atomic E-state index is 11.3. The molecule has 21 heavy (non-hydrogen) atoms. The van der Waals surface area contributed by atoms with Gasteiger partial charge >= 0.3 is 0 Å². The quantitative estimate of drug-likeness (QED) is 0.653. The summed E-state index contributed by atoms with van der Waals surface area (Å²) in [4.78, 5) is 11.3. The lowest BCUT2D eigenvalue weighted by Crippen LogP contribution is -2.01. The number of fused-ring (bicyclic) bond motifs is 1. The lowest BCUT2D eigenvalue weighted by molar-refractivity contribution is 0.111. The second-order valence-corrected chi connectivity index (χ2v) is 5.75. The van der Waals surface area contributed by atoms with Crippen LogP contribution in [0.2, 0.25) is 0 Å². The number of carbonyl (C=O) groups excluding carboxylic acids is 1. The minimum absolute atomic E-state index is 0.171. The Hall–Kier alpha value is -2.29. The van der Waals surface area contributed by atoms with Crippen LogP contribution in [0.4, 0.5) is 0 Å². The summed E-state index contributed by atoms with van der Waals surface area (Å²) in [5.74, 6) is -0.286. The molecule has 0 heterocycles. The van der Waals surface area contributed by atoms with Gasteiger partial charge in [-0.05, 0) is 48.9 Å². The van der Waals surface area contributed by atoms with E-state index >= 15 is 0 Å². The van der Waals surface area contributed by atoms with E-state index in [1.165, 1.54) is 11.1 Å². The molecule has 0 bridgehead atoms. The molecule has 1 aliphatic rings. The van der Waals surface area contributed by atoms with Crippen molar-refractivity contribution in [3.8, 4) is 11.5 Å². The van der Waals surface area contributed by atoms with E-state index in [9.17, 15) is 15.0 Å². The molecule has 0 saturated carbocycles. The van der Waals surface area contributed by atoms with Crippen molar-refractivity contribution in [3.63, 3.8) is 0 Å². The number of aromatic hydroxyl groups is 2. The molecule has 108 valence electrons. The zero-order chi connectivity index (χ0) is 15.1. The zero-order valence-corrected chi connectivity index (χ0v) is 12.2. The van der Waals surface area contributed by atoms with Gasteiger partial charge in [-0.3, -0.25) is 4.79 Å². The summed E-state index contributed by atoms with van der Waals surface area (Å²) in [5, 5.41) is 20.0. The molecule has 0 aliphatic heterocycles. The largest absolute Gasteiger partial charge is 0.504 e. The zero-order valence-electron chi connectivity index (χ0n) is 12.2. The van der Waals surface area contributed by atoms with Crippen LogP contribution in [-0.4, -0.2) is 16.5 Å². The monoisotopic (exact) mass is 282 g/mol. The number of hydrogen-bond donors (Lipinski definition) is 2. The molecule has 0 radical (unpaired) electrons. The number of carbonyl (C=O) groups is 1. The maximum Gasteiger partial charge on any atom is 0.168 e. The maximum absolute atomic E-state index is 11.3. The topological polar surface area (TPSA) is 57.5 Å². The van der Waals surface area contributed by atoms with Crippen LogP contribution < -0.4 is 0 Å². The summed E-state index contributed by atoms with van der Waals surface area (Å²) in [6.07, 6.45) is 2.28. The highest BCUT2D eigenvalue weighted by atomic mass is 16.3. The summed E-state index contributed by atoms with van der Waals surface area (Å²) < 4.78 is 0. The highest BCUT2D eigenvalue weighted by Crippen LogP contribution is 2.47. The normalized spacial score (nSPS) is 16.8. The molecule has 2 aromatic rings. The molecule has 0 amide bonds. The number of phenols is 2. The molecule has 3 nitrogen and oxygen atoms in total. The van der Waals surface area contributed by atoms with Crippen LogP contribution in [0.1, 0.15) is 50.5 Å². The van der Waals surface area contributed by atoms with Gasteiger partial charge in [-0.15, -0.1) is 0 Å². The smallest absolute Gasteiger partial charge is 0.168 e. The van der Waals surface area contributed by atoms with Gasteiger partial charge in [0.15, 0.2) is 17.8 Å². The van der Waals surface area contributed by atoms with Gasteiger partial charge in [0.2, 0.25) is 0 Å². The summed E-state index contributed by atoms with van der Waals surface area (Å²) in [6.45, 7) is 3.85. The van der Waals surface area contributed by atoms with Crippen molar-refractivity contribution in [1.29, 1.82) is 0 Å². The summed E-state index contributed by atoms with van der Waals surface area (Å²) in [6, 6.07) is 8.34. The second-order valence-electron chi connectivity index (χ2n) is 5.75. The van der Waals surface area contributed by atoms with Crippen LogP contribution in [-0.2, 0) is 6.42 Å². The van der Waals surface area contributed by atoms with E-state index in [-0.39, 0.29) is 23.0 Å². The molecule has 1 atom stereocenters. The number of phenolic OH excluding ortho intramolecular Hbond substituents is 2. The van der Waals surface area contributed by atoms with Crippen LogP contribution in [0.5, 0.6) is 11.5 Å². The van der Waals surface area contributed by atoms with E-state index in [0.717, 1.165) is 24.0 Å². The standard InChI is InChI=1S/C18H18O3/c1-10-3-5-12(6-4-10)13-7-8-14-15(9-19)18(21)17(20)11(2)16(13)14/h3-6,9,13,20-21H,7-8H2,1-2H3. The molecule has 1 aliphatic carbocycles. The number of hydrogen-bond acceptors (Lipinski definition) is 3. The van der Waals surface area contributed by atoms with Crippen LogP contribution >= 0.6 is 0 Å². The molecule has 3 rings (SSSR count). The van der Waals surface area contributed by atoms with Crippen molar-refractivity contribution in [1.82, 2.24) is 0 Å². The molecule has 1 unspecified atom stereocenters. The van der Waals surface area contributed by atoms with Crippen LogP contribution in [0, 0.1) is 13.8 Å². The molecule has 2 N–H and O–H groups in total. The summed E-state index contributed by atoms with van der Waals surface area (Å²) in [7, 11) is 0. The average Bonchev–Trinajstić information content (AvgIpc) is 2.91. The third-order valence-corrected chi connectivity index (χ3v) is 4.52. The van der Waals surface area contributed by atoms with Crippen molar-refractivity contribution < 1.29 is 15.0 Å². The molecule has 0 spiro atoms. The van der Waals surface area contributed by atoms with E-state index < -0.39 is 0 Å². The van der Waals surface area contributed by atoms with Gasteiger partial charge in [-0.25, -0.2) is 0 Å². The SMILES string of the molecule is Cc1ccc(C2CCc3c(C=O)c(O)c(O)c(C)c32)cc1. The fraction of sp³-hybridized carbons (Fsp3) is 0.278. The van der Waals surface area contributed by atoms with Gasteiger partial charge in [0.05, 0.1) is 5.56 Å². The Morgan fingerprint density at radius 2 is 1.76 bits per heavy atom. The molecular weight excluding hydrogens is 264 g/mol. The van der Waals surface area contributed by atoms with Gasteiger partial charge in [0.25, 0.3) is 0 Å². The van der Waals surface area contributed by atoms with Crippen LogP contribution in [0.3, 0.4) is 0 Å². The number of aldehydes is 1. The van der Waals surface area contributed by atoms with Gasteiger partial charge in [0.1, 0.15) is 0 Å². The number of benzene rings is 2. The van der Waals surface area contributed by atoms with E-state index in [1.807, 2.05) is 6.92 Å². The second kappa shape index (κ2) is 4.92.